The molecule has 0 heterocycles. The minimum atomic E-state index is -0.605. The van der Waals surface area contributed by atoms with Crippen molar-refractivity contribution in [2.24, 2.45) is 4.99 Å². The van der Waals surface area contributed by atoms with Crippen molar-refractivity contribution in [3.05, 3.63) is 35.9 Å². The molecule has 0 saturated carbocycles. The van der Waals surface area contributed by atoms with E-state index in [-0.39, 0.29) is 13.0 Å². The largest absolute Gasteiger partial charge is 0.461 e. The molecule has 0 radical (unpaired) electrons. The first-order valence-corrected chi connectivity index (χ1v) is 8.32. The molecule has 0 fully saturated rings. The minimum Gasteiger partial charge on any atom is -0.461 e. The molecule has 1 N–H and O–H groups in total. The number of ether oxygens (including phenoxy) is 2. The second-order valence-electron chi connectivity index (χ2n) is 6.98. The number of rotatable bonds is 7. The van der Waals surface area contributed by atoms with Crippen LogP contribution in [-0.2, 0) is 20.9 Å². The van der Waals surface area contributed by atoms with Crippen LogP contribution < -0.4 is 5.32 Å². The smallest absolute Gasteiger partial charge is 0.407 e. The second-order valence-corrected chi connectivity index (χ2v) is 6.98. The van der Waals surface area contributed by atoms with Gasteiger partial charge in [-0.3, -0.25) is 9.79 Å². The van der Waals surface area contributed by atoms with Gasteiger partial charge in [0.25, 0.3) is 0 Å². The first-order valence-electron chi connectivity index (χ1n) is 8.32. The van der Waals surface area contributed by atoms with Crippen LogP contribution >= 0.6 is 0 Å². The van der Waals surface area contributed by atoms with Crippen LogP contribution in [0.2, 0.25) is 0 Å². The van der Waals surface area contributed by atoms with E-state index >= 15 is 0 Å². The first-order chi connectivity index (χ1) is 11.7. The Morgan fingerprint density at radius 3 is 2.36 bits per heavy atom. The maximum absolute atomic E-state index is 12.1. The predicted molar refractivity (Wildman–Crippen MR) is 97.7 cm³/mol. The fraction of sp³-hybridized carbons (Fsp3) is 0.526. The van der Waals surface area contributed by atoms with Crippen LogP contribution in [0.5, 0.6) is 0 Å². The molecule has 1 aromatic rings. The van der Waals surface area contributed by atoms with E-state index in [1.165, 1.54) is 0 Å². The van der Waals surface area contributed by atoms with Crippen LogP contribution in [-0.4, -0.2) is 36.0 Å². The summed E-state index contributed by atoms with van der Waals surface area (Å²) in [5.74, 6) is -0.395. The van der Waals surface area contributed by atoms with Crippen molar-refractivity contribution in [1.29, 1.82) is 0 Å². The third-order valence-corrected chi connectivity index (χ3v) is 3.00. The molecular weight excluding hydrogens is 320 g/mol. The van der Waals surface area contributed by atoms with Gasteiger partial charge in [0.1, 0.15) is 12.2 Å². The zero-order valence-corrected chi connectivity index (χ0v) is 15.7. The molecule has 0 saturated heterocycles. The Hall–Kier alpha value is -2.37. The molecule has 1 aromatic carbocycles. The van der Waals surface area contributed by atoms with E-state index in [0.717, 1.165) is 11.3 Å². The molecule has 25 heavy (non-hydrogen) atoms. The van der Waals surface area contributed by atoms with Crippen molar-refractivity contribution >= 4 is 17.8 Å². The lowest BCUT2D eigenvalue weighted by Crippen LogP contribution is -2.42. The standard InChI is InChI=1S/C19H28N2O4/c1-14(2)20-12-16(21-18(23)25-19(3,4)5)11-17(22)24-13-15-9-7-6-8-10-15/h6-10,16H,11-13H2,1-5H3,(H,21,23). The second kappa shape index (κ2) is 9.81. The molecular formula is C19H28N2O4. The number of hydrogen-bond donors (Lipinski definition) is 1. The molecule has 6 nitrogen and oxygen atoms in total. The van der Waals surface area contributed by atoms with Gasteiger partial charge in [-0.2, -0.15) is 0 Å². The summed E-state index contributed by atoms with van der Waals surface area (Å²) in [6.45, 7) is 9.56. The fourth-order valence-corrected chi connectivity index (χ4v) is 1.93. The van der Waals surface area contributed by atoms with E-state index in [1.807, 2.05) is 44.2 Å². The Kier molecular flexibility index (Phi) is 8.11. The number of alkyl carbamates (subject to hydrolysis) is 1. The van der Waals surface area contributed by atoms with Gasteiger partial charge in [0.05, 0.1) is 19.0 Å². The van der Waals surface area contributed by atoms with Crippen molar-refractivity contribution in [3.63, 3.8) is 0 Å². The van der Waals surface area contributed by atoms with Crippen LogP contribution in [0, 0.1) is 0 Å². The number of carbonyl (C=O) groups excluding carboxylic acids is 2. The zero-order chi connectivity index (χ0) is 18.9. The first kappa shape index (κ1) is 20.7. The number of carbonyl (C=O) groups is 2. The summed E-state index contributed by atoms with van der Waals surface area (Å²) in [6.07, 6.45) is -0.541. The number of nitrogens with zero attached hydrogens (tertiary/aromatic N) is 1. The van der Waals surface area contributed by atoms with Crippen LogP contribution in [0.15, 0.2) is 35.3 Å². The molecule has 0 spiro atoms. The van der Waals surface area contributed by atoms with Gasteiger partial charge in [-0.1, -0.05) is 30.3 Å². The quantitative estimate of drug-likeness (QED) is 0.604. The maximum Gasteiger partial charge on any atom is 0.407 e. The highest BCUT2D eigenvalue weighted by Gasteiger charge is 2.21. The van der Waals surface area contributed by atoms with E-state index in [0.29, 0.717) is 6.54 Å². The Labute approximate surface area is 149 Å². The number of benzene rings is 1. The van der Waals surface area contributed by atoms with Gasteiger partial charge in [0.15, 0.2) is 0 Å². The molecule has 1 rings (SSSR count). The van der Waals surface area contributed by atoms with Crippen LogP contribution in [0.25, 0.3) is 0 Å². The Bertz CT molecular complexity index is 587. The number of nitrogens with one attached hydrogen (secondary N) is 1. The zero-order valence-electron chi connectivity index (χ0n) is 15.7. The Morgan fingerprint density at radius 2 is 1.80 bits per heavy atom. The SMILES string of the molecule is CC(C)=NCC(CC(=O)OCc1ccccc1)NC(=O)OC(C)(C)C. The number of hydrogen-bond acceptors (Lipinski definition) is 5. The van der Waals surface area contributed by atoms with Crippen LogP contribution in [0.3, 0.4) is 0 Å². The van der Waals surface area contributed by atoms with E-state index in [1.54, 1.807) is 20.8 Å². The number of esters is 1. The van der Waals surface area contributed by atoms with Gasteiger partial charge in [-0.15, -0.1) is 0 Å². The highest BCUT2D eigenvalue weighted by Crippen LogP contribution is 2.08. The van der Waals surface area contributed by atoms with Crippen LogP contribution in [0.1, 0.15) is 46.6 Å². The topological polar surface area (TPSA) is 77.0 Å². The lowest BCUT2D eigenvalue weighted by atomic mass is 10.2. The van der Waals surface area contributed by atoms with E-state index in [9.17, 15) is 9.59 Å². The van der Waals surface area contributed by atoms with Gasteiger partial charge < -0.3 is 14.8 Å². The minimum absolute atomic E-state index is 0.0306. The van der Waals surface area contributed by atoms with Crippen LogP contribution in [0.4, 0.5) is 4.79 Å². The summed E-state index contributed by atoms with van der Waals surface area (Å²) in [4.78, 5) is 28.3. The summed E-state index contributed by atoms with van der Waals surface area (Å²) in [6, 6.07) is 8.96. The number of aliphatic imine (C=N–C) groups is 1. The summed E-state index contributed by atoms with van der Waals surface area (Å²) in [7, 11) is 0. The van der Waals surface area contributed by atoms with Crippen molar-refractivity contribution < 1.29 is 19.1 Å². The van der Waals surface area contributed by atoms with Crippen molar-refractivity contribution in [3.8, 4) is 0 Å². The summed E-state index contributed by atoms with van der Waals surface area (Å²) in [5, 5.41) is 2.69. The monoisotopic (exact) mass is 348 g/mol. The molecule has 0 aromatic heterocycles. The fourth-order valence-electron chi connectivity index (χ4n) is 1.93. The molecule has 0 bridgehead atoms. The van der Waals surface area contributed by atoms with Crippen molar-refractivity contribution in [1.82, 2.24) is 5.32 Å². The molecule has 1 unspecified atom stereocenters. The normalized spacial score (nSPS) is 12.0. The predicted octanol–water partition coefficient (Wildman–Crippen LogP) is 3.49. The molecule has 6 heteroatoms. The summed E-state index contributed by atoms with van der Waals surface area (Å²) >= 11 is 0. The molecule has 0 aliphatic heterocycles. The van der Waals surface area contributed by atoms with E-state index < -0.39 is 23.7 Å². The lowest BCUT2D eigenvalue weighted by Gasteiger charge is -2.22. The highest BCUT2D eigenvalue weighted by molar-refractivity contribution is 5.79. The van der Waals surface area contributed by atoms with Gasteiger partial charge in [-0.25, -0.2) is 4.79 Å². The third-order valence-electron chi connectivity index (χ3n) is 3.00. The van der Waals surface area contributed by atoms with E-state index in [4.69, 9.17) is 9.47 Å². The summed E-state index contributed by atoms with van der Waals surface area (Å²) in [5.41, 5.74) is 1.18. The summed E-state index contributed by atoms with van der Waals surface area (Å²) < 4.78 is 10.5. The van der Waals surface area contributed by atoms with Gasteiger partial charge >= 0.3 is 12.1 Å². The third kappa shape index (κ3) is 10.2. The molecule has 0 aliphatic carbocycles. The average Bonchev–Trinajstić information content (AvgIpc) is 2.49. The van der Waals surface area contributed by atoms with E-state index in [2.05, 4.69) is 10.3 Å². The lowest BCUT2D eigenvalue weighted by molar-refractivity contribution is -0.145. The van der Waals surface area contributed by atoms with Crippen molar-refractivity contribution in [2.75, 3.05) is 6.54 Å². The molecule has 1 amide bonds. The number of amides is 1. The highest BCUT2D eigenvalue weighted by atomic mass is 16.6. The molecule has 1 atom stereocenters. The Balaban J connectivity index is 2.58. The molecule has 0 aliphatic rings. The van der Waals surface area contributed by atoms with Crippen molar-refractivity contribution in [2.45, 2.75) is 59.3 Å². The molecule has 138 valence electrons. The average molecular weight is 348 g/mol. The Morgan fingerprint density at radius 1 is 1.16 bits per heavy atom. The van der Waals surface area contributed by atoms with Gasteiger partial charge in [0.2, 0.25) is 0 Å². The van der Waals surface area contributed by atoms with Gasteiger partial charge in [0, 0.05) is 5.71 Å². The van der Waals surface area contributed by atoms with Gasteiger partial charge in [-0.05, 0) is 40.2 Å². The maximum atomic E-state index is 12.1.